The summed E-state index contributed by atoms with van der Waals surface area (Å²) in [5, 5.41) is 6.17. The molecule has 0 aromatic heterocycles. The van der Waals surface area contributed by atoms with Crippen LogP contribution in [0, 0.1) is 0 Å². The summed E-state index contributed by atoms with van der Waals surface area (Å²) in [4.78, 5) is 54.5. The van der Waals surface area contributed by atoms with Crippen molar-refractivity contribution in [3.63, 3.8) is 0 Å². The van der Waals surface area contributed by atoms with Gasteiger partial charge in [-0.2, -0.15) is 0 Å². The number of nitrogens with one attached hydrogen (secondary N) is 1. The van der Waals surface area contributed by atoms with E-state index in [0.29, 0.717) is 16.8 Å². The van der Waals surface area contributed by atoms with E-state index in [1.165, 1.54) is 0 Å². The van der Waals surface area contributed by atoms with Crippen molar-refractivity contribution in [2.75, 3.05) is 5.32 Å². The van der Waals surface area contributed by atoms with Crippen molar-refractivity contribution in [1.82, 2.24) is 0 Å². The van der Waals surface area contributed by atoms with Crippen molar-refractivity contribution < 1.29 is 56.6 Å². The van der Waals surface area contributed by atoms with Crippen LogP contribution >= 0.6 is 7.60 Å². The smallest absolute Gasteiger partial charge is 0.437 e. The normalized spacial score (nSPS) is 19.9. The molecule has 1 heterocycles. The van der Waals surface area contributed by atoms with Crippen LogP contribution in [0.1, 0.15) is 31.9 Å². The number of carbonyl (C=O) groups excluding carboxylic acids is 4. The molecule has 1 aliphatic heterocycles. The third-order valence-electron chi connectivity index (χ3n) is 6.34. The van der Waals surface area contributed by atoms with Gasteiger partial charge in [0.25, 0.3) is 5.90 Å². The summed E-state index contributed by atoms with van der Waals surface area (Å²) in [5.74, 6) is -5.19. The van der Waals surface area contributed by atoms with Gasteiger partial charge in [0.1, 0.15) is 0 Å². The number of hydrogen-bond acceptors (Lipinski definition) is 13. The lowest BCUT2D eigenvalue weighted by Crippen LogP contribution is -2.59. The Labute approximate surface area is 270 Å². The molecule has 4 atom stereocenters. The van der Waals surface area contributed by atoms with E-state index in [1.54, 1.807) is 91.0 Å². The summed E-state index contributed by atoms with van der Waals surface area (Å²) in [5.41, 5.74) is 1.59. The number of para-hydroxylation sites is 1. The summed E-state index contributed by atoms with van der Waals surface area (Å²) < 4.78 is 48.9. The molecule has 1 amide bonds. The molecule has 248 valence electrons. The van der Waals surface area contributed by atoms with Crippen LogP contribution in [0.2, 0.25) is 0 Å². The Balaban J connectivity index is 1.77. The number of carbonyl (C=O) groups is 4. The molecule has 4 rings (SSSR count). The first-order valence-corrected chi connectivity index (χ1v) is 15.9. The predicted octanol–water partition coefficient (Wildman–Crippen LogP) is 5.33. The van der Waals surface area contributed by atoms with E-state index in [-0.39, 0.29) is 13.2 Å². The predicted molar refractivity (Wildman–Crippen MR) is 166 cm³/mol. The fraction of sp³-hybridized carbons (Fsp3) is 0.281. The van der Waals surface area contributed by atoms with Crippen LogP contribution < -0.4 is 5.32 Å². The number of amides is 1. The van der Waals surface area contributed by atoms with E-state index in [2.05, 4.69) is 10.5 Å². The average Bonchev–Trinajstić information content (AvgIpc) is 3.04. The topological polar surface area (TPSA) is 174 Å². The molecule has 1 aliphatic rings. The molecule has 0 aliphatic carbocycles. The van der Waals surface area contributed by atoms with Crippen LogP contribution in [0.25, 0.3) is 0 Å². The van der Waals surface area contributed by atoms with Gasteiger partial charge in [0.2, 0.25) is 11.9 Å². The van der Waals surface area contributed by atoms with Crippen LogP contribution in [0.4, 0.5) is 10.5 Å². The highest BCUT2D eigenvalue weighted by Gasteiger charge is 2.59. The molecule has 15 heteroatoms. The molecule has 3 aromatic carbocycles. The van der Waals surface area contributed by atoms with Crippen LogP contribution in [-0.2, 0) is 65.0 Å². The van der Waals surface area contributed by atoms with Crippen LogP contribution in [0.5, 0.6) is 0 Å². The Morgan fingerprint density at radius 1 is 0.702 bits per heavy atom. The Morgan fingerprint density at radius 2 is 1.17 bits per heavy atom. The van der Waals surface area contributed by atoms with Gasteiger partial charge in [0, 0.05) is 26.5 Å². The average molecular weight is 669 g/mol. The zero-order valence-corrected chi connectivity index (χ0v) is 26.6. The second-order valence-electron chi connectivity index (χ2n) is 10.0. The molecule has 0 radical (unpaired) electrons. The van der Waals surface area contributed by atoms with Gasteiger partial charge < -0.3 is 28.0 Å². The summed E-state index contributed by atoms with van der Waals surface area (Å²) in [7, 11) is -4.59. The molecule has 1 saturated heterocycles. The van der Waals surface area contributed by atoms with Crippen LogP contribution in [0.3, 0.4) is 0 Å². The number of rotatable bonds is 12. The molecule has 1 fully saturated rings. The summed E-state index contributed by atoms with van der Waals surface area (Å²) in [6.45, 7) is 2.68. The van der Waals surface area contributed by atoms with Gasteiger partial charge in [0.15, 0.2) is 12.2 Å². The second-order valence-corrected chi connectivity index (χ2v) is 12.1. The monoisotopic (exact) mass is 668 g/mol. The summed E-state index contributed by atoms with van der Waals surface area (Å²) in [6.07, 6.45) is -6.22. The van der Waals surface area contributed by atoms with Gasteiger partial charge >= 0.3 is 31.6 Å². The summed E-state index contributed by atoms with van der Waals surface area (Å²) >= 11 is 0. The lowest BCUT2D eigenvalue weighted by atomic mass is 10.0. The maximum absolute atomic E-state index is 14.8. The number of hydrogen-bond donors (Lipinski definition) is 1. The maximum Gasteiger partial charge on any atom is 0.437 e. The van der Waals surface area contributed by atoms with Gasteiger partial charge in [-0.25, -0.2) is 4.79 Å². The fourth-order valence-electron chi connectivity index (χ4n) is 4.39. The van der Waals surface area contributed by atoms with Crippen molar-refractivity contribution in [3.05, 3.63) is 102 Å². The molecule has 0 saturated carbocycles. The minimum Gasteiger partial charge on any atom is -0.455 e. The number of benzene rings is 3. The maximum atomic E-state index is 14.8. The first-order chi connectivity index (χ1) is 22.5. The quantitative estimate of drug-likeness (QED) is 0.0865. The summed E-state index contributed by atoms with van der Waals surface area (Å²) in [6, 6.07) is 25.7. The van der Waals surface area contributed by atoms with Gasteiger partial charge in [-0.05, 0) is 28.4 Å². The highest BCUT2D eigenvalue weighted by Crippen LogP contribution is 2.58. The van der Waals surface area contributed by atoms with E-state index >= 15 is 0 Å². The molecule has 0 spiro atoms. The van der Waals surface area contributed by atoms with E-state index in [0.717, 1.165) is 20.8 Å². The number of anilines is 1. The van der Waals surface area contributed by atoms with Crippen molar-refractivity contribution in [2.24, 2.45) is 5.16 Å². The Kier molecular flexibility index (Phi) is 12.2. The minimum atomic E-state index is -4.59. The van der Waals surface area contributed by atoms with E-state index < -0.39 is 61.7 Å². The number of ether oxygens (including phenoxy) is 4. The van der Waals surface area contributed by atoms with Crippen molar-refractivity contribution in [1.29, 1.82) is 0 Å². The van der Waals surface area contributed by atoms with Crippen LogP contribution in [-0.4, -0.2) is 54.1 Å². The molecule has 3 aromatic rings. The molecule has 14 nitrogen and oxygen atoms in total. The lowest BCUT2D eigenvalue weighted by Gasteiger charge is -2.42. The molecular formula is C32H33N2O12P. The lowest BCUT2D eigenvalue weighted by molar-refractivity contribution is -0.191. The van der Waals surface area contributed by atoms with Gasteiger partial charge in [-0.15, -0.1) is 0 Å². The molecule has 1 N–H and O–H groups in total. The third-order valence-corrected chi connectivity index (χ3v) is 8.34. The minimum absolute atomic E-state index is 0.242. The Bertz CT molecular complexity index is 1560. The Morgan fingerprint density at radius 3 is 1.66 bits per heavy atom. The van der Waals surface area contributed by atoms with Crippen molar-refractivity contribution in [3.8, 4) is 0 Å². The zero-order valence-electron chi connectivity index (χ0n) is 25.7. The standard InChI is InChI=1S/C32H33N2O12P/c1-21(35)42-27-28(43-22(2)36)30(34-46-32(38)33-26-17-11-6-12-18-26)45-31(29(27)44-23(3)37)47(39,40-19-24-13-7-4-8-14-24)41-20-25-15-9-5-10-16-25/h4-18,27-29,31H,19-20H2,1-3H3,(H,33,38)/b34-30-/t27-,28-,29+,31-/m1/s1. The second kappa shape index (κ2) is 16.5. The largest absolute Gasteiger partial charge is 0.455 e. The molecule has 0 unspecified atom stereocenters. The fourth-order valence-corrected chi connectivity index (χ4v) is 6.25. The number of esters is 3. The first-order valence-electron chi connectivity index (χ1n) is 14.3. The molecular weight excluding hydrogens is 635 g/mol. The zero-order chi connectivity index (χ0) is 33.8. The molecule has 47 heavy (non-hydrogen) atoms. The molecule has 0 bridgehead atoms. The van der Waals surface area contributed by atoms with E-state index in [9.17, 15) is 23.7 Å². The van der Waals surface area contributed by atoms with E-state index in [4.69, 9.17) is 32.8 Å². The number of oxime groups is 1. The highest BCUT2D eigenvalue weighted by atomic mass is 31.2. The number of nitrogens with zero attached hydrogens (tertiary/aromatic N) is 1. The van der Waals surface area contributed by atoms with Crippen molar-refractivity contribution in [2.45, 2.75) is 58.1 Å². The van der Waals surface area contributed by atoms with Crippen molar-refractivity contribution >= 4 is 43.2 Å². The van der Waals surface area contributed by atoms with Gasteiger partial charge in [-0.3, -0.25) is 29.1 Å². The van der Waals surface area contributed by atoms with Gasteiger partial charge in [-0.1, -0.05) is 78.9 Å². The first kappa shape index (κ1) is 34.8. The highest BCUT2D eigenvalue weighted by molar-refractivity contribution is 7.54. The Hall–Kier alpha value is -5.04. The third kappa shape index (κ3) is 10.2. The SMILES string of the molecule is CC(=O)O[C@H]1[C@H](OC(C)=O)[C@@H](P(=O)(OCc2ccccc2)OCc2ccccc2)O/C(=N\OC(=O)Nc2ccccc2)[C@@H]1OC(C)=O. The van der Waals surface area contributed by atoms with Gasteiger partial charge in [0.05, 0.1) is 13.2 Å². The van der Waals surface area contributed by atoms with Crippen LogP contribution in [0.15, 0.2) is 96.2 Å². The van der Waals surface area contributed by atoms with E-state index in [1.807, 2.05) is 0 Å².